The van der Waals surface area contributed by atoms with Gasteiger partial charge >= 0.3 is 0 Å². The van der Waals surface area contributed by atoms with Crippen LogP contribution in [0.4, 0.5) is 0 Å². The first-order chi connectivity index (χ1) is 16.1. The highest BCUT2D eigenvalue weighted by molar-refractivity contribution is 7.99. The summed E-state index contributed by atoms with van der Waals surface area (Å²) in [7, 11) is 0. The average molecular weight is 488 g/mol. The average Bonchev–Trinajstić information content (AvgIpc) is 3.16. The number of benzene rings is 2. The molecule has 3 aromatic rings. The molecular formula is C26H33NO6S. The third-order valence-corrected chi connectivity index (χ3v) is 7.39. The van der Waals surface area contributed by atoms with Gasteiger partial charge < -0.3 is 34.8 Å². The van der Waals surface area contributed by atoms with Crippen LogP contribution in [0.1, 0.15) is 37.6 Å². The second-order valence-corrected chi connectivity index (χ2v) is 10.8. The molecule has 184 valence electrons. The van der Waals surface area contributed by atoms with Crippen molar-refractivity contribution in [1.82, 2.24) is 4.57 Å². The summed E-state index contributed by atoms with van der Waals surface area (Å²) in [6.07, 6.45) is -2.76. The zero-order valence-corrected chi connectivity index (χ0v) is 20.4. The molecule has 0 amide bonds. The summed E-state index contributed by atoms with van der Waals surface area (Å²) in [6.45, 7) is 5.17. The van der Waals surface area contributed by atoms with Gasteiger partial charge in [-0.3, -0.25) is 0 Å². The Labute approximate surface area is 203 Å². The molecule has 0 unspecified atom stereocenters. The minimum atomic E-state index is -1.44. The third-order valence-electron chi connectivity index (χ3n) is 6.35. The molecule has 4 rings (SSSR count). The minimum absolute atomic E-state index is 0.471. The van der Waals surface area contributed by atoms with Crippen molar-refractivity contribution >= 4 is 22.7 Å². The summed E-state index contributed by atoms with van der Waals surface area (Å²) < 4.78 is 7.59. The van der Waals surface area contributed by atoms with Gasteiger partial charge in [0.2, 0.25) is 0 Å². The van der Waals surface area contributed by atoms with Crippen molar-refractivity contribution < 1.29 is 30.3 Å². The van der Waals surface area contributed by atoms with E-state index in [2.05, 4.69) is 24.3 Å². The van der Waals surface area contributed by atoms with Gasteiger partial charge in [-0.05, 0) is 62.9 Å². The van der Waals surface area contributed by atoms with E-state index >= 15 is 0 Å². The maximum absolute atomic E-state index is 10.7. The van der Waals surface area contributed by atoms with Gasteiger partial charge in [0.25, 0.3) is 0 Å². The first-order valence-corrected chi connectivity index (χ1v) is 12.3. The third kappa shape index (κ3) is 5.18. The number of aryl methyl sites for hydroxylation is 2. The lowest BCUT2D eigenvalue weighted by molar-refractivity contribution is -0.250. The Morgan fingerprint density at radius 2 is 1.71 bits per heavy atom. The number of aliphatic hydroxyl groups is 5. The maximum atomic E-state index is 10.7. The van der Waals surface area contributed by atoms with Crippen LogP contribution in [-0.4, -0.2) is 66.7 Å². The Hall–Kier alpha value is -1.91. The van der Waals surface area contributed by atoms with E-state index < -0.39 is 42.9 Å². The number of fused-ring (bicyclic) bond motifs is 1. The van der Waals surface area contributed by atoms with E-state index in [0.717, 1.165) is 38.2 Å². The summed E-state index contributed by atoms with van der Waals surface area (Å²) >= 11 is 1.59. The SMILES string of the molecule is Cc1cccc2c1c(Sc1ccc(CCC(C)(C)O)cc1)cn2[C@@H]1O[C@H](CO)[C@@H](O)[C@H](O)[C@H]1O. The van der Waals surface area contributed by atoms with E-state index in [1.54, 1.807) is 16.3 Å². The van der Waals surface area contributed by atoms with E-state index in [1.807, 2.05) is 45.2 Å². The molecule has 5 atom stereocenters. The van der Waals surface area contributed by atoms with Crippen molar-refractivity contribution in [2.24, 2.45) is 0 Å². The Morgan fingerprint density at radius 3 is 2.35 bits per heavy atom. The van der Waals surface area contributed by atoms with Crippen LogP contribution in [0.3, 0.4) is 0 Å². The Bertz CT molecular complexity index is 1120. The van der Waals surface area contributed by atoms with Crippen molar-refractivity contribution in [3.8, 4) is 0 Å². The number of rotatable bonds is 7. The zero-order valence-electron chi connectivity index (χ0n) is 19.6. The van der Waals surface area contributed by atoms with Crippen molar-refractivity contribution in [3.63, 3.8) is 0 Å². The Morgan fingerprint density at radius 1 is 1.00 bits per heavy atom. The molecule has 1 aromatic heterocycles. The molecule has 0 radical (unpaired) electrons. The number of hydrogen-bond donors (Lipinski definition) is 5. The summed E-state index contributed by atoms with van der Waals surface area (Å²) in [4.78, 5) is 2.01. The van der Waals surface area contributed by atoms with Crippen LogP contribution in [0, 0.1) is 6.92 Å². The fraction of sp³-hybridized carbons (Fsp3) is 0.462. The first kappa shape index (κ1) is 25.2. The zero-order chi connectivity index (χ0) is 24.6. The van der Waals surface area contributed by atoms with E-state index in [0.29, 0.717) is 6.42 Å². The summed E-state index contributed by atoms with van der Waals surface area (Å²) in [5.41, 5.74) is 2.35. The molecule has 0 saturated carbocycles. The largest absolute Gasteiger partial charge is 0.394 e. The summed E-state index contributed by atoms with van der Waals surface area (Å²) in [5.74, 6) is 0. The maximum Gasteiger partial charge on any atom is 0.163 e. The monoisotopic (exact) mass is 487 g/mol. The van der Waals surface area contributed by atoms with Crippen molar-refractivity contribution in [3.05, 3.63) is 59.8 Å². The van der Waals surface area contributed by atoms with Crippen molar-refractivity contribution in [2.75, 3.05) is 6.61 Å². The summed E-state index contributed by atoms with van der Waals surface area (Å²) in [6, 6.07) is 14.1. The smallest absolute Gasteiger partial charge is 0.163 e. The number of nitrogens with zero attached hydrogens (tertiary/aromatic N) is 1. The van der Waals surface area contributed by atoms with Gasteiger partial charge in [0.05, 0.1) is 17.7 Å². The van der Waals surface area contributed by atoms with Gasteiger partial charge in [-0.25, -0.2) is 0 Å². The molecule has 7 nitrogen and oxygen atoms in total. The number of aromatic nitrogens is 1. The first-order valence-electron chi connectivity index (χ1n) is 11.5. The second kappa shape index (κ2) is 9.99. The minimum Gasteiger partial charge on any atom is -0.394 e. The van der Waals surface area contributed by atoms with Crippen LogP contribution in [0.15, 0.2) is 58.5 Å². The van der Waals surface area contributed by atoms with Crippen LogP contribution in [0.2, 0.25) is 0 Å². The molecule has 34 heavy (non-hydrogen) atoms. The molecule has 2 heterocycles. The molecule has 1 aliphatic heterocycles. The predicted octanol–water partition coefficient (Wildman–Crippen LogP) is 2.78. The predicted molar refractivity (Wildman–Crippen MR) is 131 cm³/mol. The molecular weight excluding hydrogens is 454 g/mol. The van der Waals surface area contributed by atoms with Crippen molar-refractivity contribution in [1.29, 1.82) is 0 Å². The highest BCUT2D eigenvalue weighted by Gasteiger charge is 2.44. The van der Waals surface area contributed by atoms with Gasteiger partial charge in [-0.2, -0.15) is 0 Å². The molecule has 5 N–H and O–H groups in total. The van der Waals surface area contributed by atoms with Crippen molar-refractivity contribution in [2.45, 2.75) is 79.6 Å². The normalized spacial score (nSPS) is 25.7. The fourth-order valence-electron chi connectivity index (χ4n) is 4.35. The molecule has 1 fully saturated rings. The molecule has 0 spiro atoms. The van der Waals surface area contributed by atoms with Crippen LogP contribution >= 0.6 is 11.8 Å². The second-order valence-electron chi connectivity index (χ2n) is 9.65. The fourth-order valence-corrected chi connectivity index (χ4v) is 5.41. The lowest BCUT2D eigenvalue weighted by Crippen LogP contribution is -2.56. The molecule has 0 aliphatic carbocycles. The highest BCUT2D eigenvalue weighted by atomic mass is 32.2. The van der Waals surface area contributed by atoms with E-state index in [9.17, 15) is 25.5 Å². The summed E-state index contributed by atoms with van der Waals surface area (Å²) in [5, 5.41) is 51.7. The molecule has 0 bridgehead atoms. The highest BCUT2D eigenvalue weighted by Crippen LogP contribution is 2.40. The van der Waals surface area contributed by atoms with Gasteiger partial charge in [-0.15, -0.1) is 0 Å². The number of hydrogen-bond acceptors (Lipinski definition) is 7. The van der Waals surface area contributed by atoms with Crippen LogP contribution in [0.5, 0.6) is 0 Å². The molecule has 8 heteroatoms. The molecule has 2 aromatic carbocycles. The van der Waals surface area contributed by atoms with Gasteiger partial charge in [0.15, 0.2) is 6.23 Å². The Kier molecular flexibility index (Phi) is 7.40. The van der Waals surface area contributed by atoms with Gasteiger partial charge in [0, 0.05) is 21.4 Å². The van der Waals surface area contributed by atoms with Crippen LogP contribution in [0.25, 0.3) is 10.9 Å². The van der Waals surface area contributed by atoms with Gasteiger partial charge in [0.1, 0.15) is 24.4 Å². The Balaban J connectivity index is 1.65. The van der Waals surface area contributed by atoms with E-state index in [4.69, 9.17) is 4.74 Å². The molecule has 1 saturated heterocycles. The van der Waals surface area contributed by atoms with Gasteiger partial charge in [-0.1, -0.05) is 36.0 Å². The quantitative estimate of drug-likeness (QED) is 0.348. The lowest BCUT2D eigenvalue weighted by atomic mass is 9.98. The van der Waals surface area contributed by atoms with E-state index in [1.165, 1.54) is 0 Å². The topological polar surface area (TPSA) is 115 Å². The number of ether oxygens (including phenoxy) is 1. The van der Waals surface area contributed by atoms with E-state index in [-0.39, 0.29) is 0 Å². The standard InChI is InChI=1S/C26H33NO6S/c1-15-5-4-6-18-21(15)20(34-17-9-7-16(8-10-17)11-12-26(2,3)32)13-27(18)25-24(31)23(30)22(29)19(14-28)33-25/h4-10,13,19,22-25,28-32H,11-12,14H2,1-3H3/t19-,22-,23+,24-,25-/m1/s1. The lowest BCUT2D eigenvalue weighted by Gasteiger charge is -2.40. The molecule has 1 aliphatic rings. The number of aliphatic hydroxyl groups excluding tert-OH is 4. The van der Waals surface area contributed by atoms with Crippen LogP contribution < -0.4 is 0 Å². The van der Waals surface area contributed by atoms with Crippen LogP contribution in [-0.2, 0) is 11.2 Å².